The number of amides is 1. The van der Waals surface area contributed by atoms with Crippen LogP contribution < -0.4 is 5.43 Å². The quantitative estimate of drug-likeness (QED) is 0.362. The summed E-state index contributed by atoms with van der Waals surface area (Å²) in [6, 6.07) is 15.1. The summed E-state index contributed by atoms with van der Waals surface area (Å²) < 4.78 is 6.50. The van der Waals surface area contributed by atoms with Crippen molar-refractivity contribution < 1.29 is 14.1 Å². The average molecular weight is 428 g/mol. The molecule has 7 nitrogen and oxygen atoms in total. The first-order chi connectivity index (χ1) is 12.9. The van der Waals surface area contributed by atoms with Crippen molar-refractivity contribution in [1.29, 1.82) is 0 Å². The molecule has 1 heterocycles. The third kappa shape index (κ3) is 4.48. The van der Waals surface area contributed by atoms with E-state index in [1.807, 2.05) is 0 Å². The molecule has 2 aromatic carbocycles. The zero-order valence-electron chi connectivity index (χ0n) is 14.2. The van der Waals surface area contributed by atoms with Gasteiger partial charge in [-0.1, -0.05) is 28.1 Å². The van der Waals surface area contributed by atoms with E-state index < -0.39 is 4.92 Å². The van der Waals surface area contributed by atoms with E-state index in [2.05, 4.69) is 26.5 Å². The van der Waals surface area contributed by atoms with Gasteiger partial charge in [-0.25, -0.2) is 5.43 Å². The molecule has 8 heteroatoms. The Bertz CT molecular complexity index is 1030. The number of hydrogen-bond donors (Lipinski definition) is 1. The van der Waals surface area contributed by atoms with Gasteiger partial charge in [-0.2, -0.15) is 5.10 Å². The van der Waals surface area contributed by atoms with E-state index in [0.717, 1.165) is 4.47 Å². The molecule has 0 aliphatic carbocycles. The van der Waals surface area contributed by atoms with Crippen molar-refractivity contribution in [3.63, 3.8) is 0 Å². The average Bonchev–Trinajstić information content (AvgIpc) is 3.11. The van der Waals surface area contributed by atoms with Crippen molar-refractivity contribution >= 4 is 33.7 Å². The van der Waals surface area contributed by atoms with Gasteiger partial charge in [-0.05, 0) is 43.3 Å². The second-order valence-corrected chi connectivity index (χ2v) is 6.58. The van der Waals surface area contributed by atoms with Gasteiger partial charge < -0.3 is 4.42 Å². The molecule has 1 amide bonds. The van der Waals surface area contributed by atoms with Gasteiger partial charge >= 0.3 is 0 Å². The topological polar surface area (TPSA) is 97.7 Å². The molecule has 0 saturated carbocycles. The Morgan fingerprint density at radius 3 is 2.63 bits per heavy atom. The van der Waals surface area contributed by atoms with Crippen molar-refractivity contribution in [3.05, 3.63) is 86.1 Å². The third-order valence-electron chi connectivity index (χ3n) is 3.78. The Morgan fingerprint density at radius 1 is 1.19 bits per heavy atom. The molecule has 0 spiro atoms. The first-order valence-electron chi connectivity index (χ1n) is 7.88. The van der Waals surface area contributed by atoms with Crippen LogP contribution in [0.4, 0.5) is 5.69 Å². The summed E-state index contributed by atoms with van der Waals surface area (Å²) in [7, 11) is 0. The number of nitro benzene ring substituents is 1. The van der Waals surface area contributed by atoms with Gasteiger partial charge in [0.2, 0.25) is 0 Å². The summed E-state index contributed by atoms with van der Waals surface area (Å²) in [5, 5.41) is 14.9. The molecule has 0 aliphatic heterocycles. The van der Waals surface area contributed by atoms with E-state index in [9.17, 15) is 14.9 Å². The number of rotatable bonds is 5. The van der Waals surface area contributed by atoms with Crippen LogP contribution in [0.25, 0.3) is 11.3 Å². The highest BCUT2D eigenvalue weighted by Gasteiger charge is 2.13. The smallest absolute Gasteiger partial charge is 0.273 e. The maximum Gasteiger partial charge on any atom is 0.273 e. The zero-order chi connectivity index (χ0) is 19.4. The molecule has 0 saturated heterocycles. The van der Waals surface area contributed by atoms with Crippen LogP contribution in [-0.2, 0) is 0 Å². The zero-order valence-corrected chi connectivity index (χ0v) is 15.8. The molecule has 0 atom stereocenters. The van der Waals surface area contributed by atoms with E-state index in [4.69, 9.17) is 4.42 Å². The van der Waals surface area contributed by atoms with E-state index in [-0.39, 0.29) is 11.6 Å². The van der Waals surface area contributed by atoms with Crippen molar-refractivity contribution in [2.45, 2.75) is 6.92 Å². The van der Waals surface area contributed by atoms with Crippen molar-refractivity contribution in [2.75, 3.05) is 0 Å². The molecule has 0 bridgehead atoms. The number of nitrogens with zero attached hydrogens (tertiary/aromatic N) is 2. The third-order valence-corrected chi connectivity index (χ3v) is 4.31. The van der Waals surface area contributed by atoms with Crippen LogP contribution in [0.3, 0.4) is 0 Å². The highest BCUT2D eigenvalue weighted by atomic mass is 79.9. The van der Waals surface area contributed by atoms with Crippen LogP contribution in [0.2, 0.25) is 0 Å². The highest BCUT2D eigenvalue weighted by molar-refractivity contribution is 9.10. The first kappa shape index (κ1) is 18.5. The minimum atomic E-state index is -0.429. The highest BCUT2D eigenvalue weighted by Crippen LogP contribution is 2.27. The number of carbonyl (C=O) groups excluding carboxylic acids is 1. The van der Waals surface area contributed by atoms with Crippen molar-refractivity contribution in [1.82, 2.24) is 5.43 Å². The van der Waals surface area contributed by atoms with Gasteiger partial charge in [0.05, 0.1) is 11.1 Å². The normalized spacial score (nSPS) is 10.9. The molecule has 136 valence electrons. The lowest BCUT2D eigenvalue weighted by molar-refractivity contribution is -0.385. The van der Waals surface area contributed by atoms with E-state index >= 15 is 0 Å². The molecule has 3 aromatic rings. The van der Waals surface area contributed by atoms with Gasteiger partial charge in [0.25, 0.3) is 11.6 Å². The van der Waals surface area contributed by atoms with Crippen molar-refractivity contribution in [2.24, 2.45) is 5.10 Å². The second kappa shape index (κ2) is 7.96. The Balaban J connectivity index is 1.70. The van der Waals surface area contributed by atoms with Crippen molar-refractivity contribution in [3.8, 4) is 11.3 Å². The molecule has 0 unspecified atom stereocenters. The van der Waals surface area contributed by atoms with E-state index in [0.29, 0.717) is 28.2 Å². The number of hydrazone groups is 1. The summed E-state index contributed by atoms with van der Waals surface area (Å²) in [4.78, 5) is 22.6. The fraction of sp³-hybridized carbons (Fsp3) is 0.0526. The minimum absolute atomic E-state index is 0.0286. The minimum Gasteiger partial charge on any atom is -0.455 e. The van der Waals surface area contributed by atoms with Gasteiger partial charge in [0, 0.05) is 27.2 Å². The lowest BCUT2D eigenvalue weighted by Gasteiger charge is -2.00. The summed E-state index contributed by atoms with van der Waals surface area (Å²) in [5.41, 5.74) is 4.08. The van der Waals surface area contributed by atoms with Crippen LogP contribution in [0.5, 0.6) is 0 Å². The monoisotopic (exact) mass is 427 g/mol. The maximum absolute atomic E-state index is 12.0. The number of benzene rings is 2. The molecule has 3 rings (SSSR count). The second-order valence-electron chi connectivity index (χ2n) is 5.67. The number of nitro groups is 1. The fourth-order valence-corrected chi connectivity index (χ4v) is 2.62. The summed E-state index contributed by atoms with van der Waals surface area (Å²) in [6.45, 7) is 1.68. The largest absolute Gasteiger partial charge is 0.455 e. The number of halogens is 1. The van der Waals surface area contributed by atoms with Gasteiger partial charge in [-0.15, -0.1) is 0 Å². The number of hydrogen-bond acceptors (Lipinski definition) is 5. The Hall–Kier alpha value is -3.26. The van der Waals surface area contributed by atoms with Crippen LogP contribution in [0.1, 0.15) is 21.7 Å². The SMILES string of the molecule is Cc1ccc(-c2ccc(/C=N\NC(=O)c3ccc(Br)cc3)o2)cc1[N+](=O)[O-]. The molecule has 1 N–H and O–H groups in total. The number of furan rings is 1. The predicted molar refractivity (Wildman–Crippen MR) is 105 cm³/mol. The van der Waals surface area contributed by atoms with Crippen LogP contribution in [-0.4, -0.2) is 17.0 Å². The predicted octanol–water partition coefficient (Wildman–Crippen LogP) is 4.69. The van der Waals surface area contributed by atoms with Crippen LogP contribution >= 0.6 is 15.9 Å². The summed E-state index contributed by atoms with van der Waals surface area (Å²) in [6.07, 6.45) is 1.36. The lowest BCUT2D eigenvalue weighted by atomic mass is 10.1. The van der Waals surface area contributed by atoms with Gasteiger partial charge in [0.1, 0.15) is 11.5 Å². The molecule has 0 aliphatic rings. The summed E-state index contributed by atoms with van der Waals surface area (Å²) in [5.74, 6) is 0.530. The van der Waals surface area contributed by atoms with Crippen LogP contribution in [0, 0.1) is 17.0 Å². The van der Waals surface area contributed by atoms with Gasteiger partial charge in [-0.3, -0.25) is 14.9 Å². The Labute approximate surface area is 163 Å². The number of carbonyl (C=O) groups is 1. The molecule has 27 heavy (non-hydrogen) atoms. The number of aryl methyl sites for hydroxylation is 1. The standard InChI is InChI=1S/C19H14BrN3O4/c1-12-2-3-14(10-17(12)23(25)26)18-9-8-16(27-18)11-21-22-19(24)13-4-6-15(20)7-5-13/h2-11H,1H3,(H,22,24)/b21-11-. The molecular weight excluding hydrogens is 414 g/mol. The lowest BCUT2D eigenvalue weighted by Crippen LogP contribution is -2.17. The summed E-state index contributed by atoms with van der Waals surface area (Å²) >= 11 is 3.30. The first-order valence-corrected chi connectivity index (χ1v) is 8.67. The van der Waals surface area contributed by atoms with Crippen LogP contribution in [0.15, 0.2) is 68.6 Å². The Morgan fingerprint density at radius 2 is 1.93 bits per heavy atom. The number of nitrogens with one attached hydrogen (secondary N) is 1. The molecule has 1 aromatic heterocycles. The Kier molecular flexibility index (Phi) is 5.46. The molecular formula is C19H14BrN3O4. The maximum atomic E-state index is 12.0. The molecule has 0 radical (unpaired) electrons. The van der Waals surface area contributed by atoms with E-state index in [1.54, 1.807) is 55.5 Å². The van der Waals surface area contributed by atoms with E-state index in [1.165, 1.54) is 12.3 Å². The van der Waals surface area contributed by atoms with Gasteiger partial charge in [0.15, 0.2) is 0 Å². The molecule has 0 fully saturated rings. The fourth-order valence-electron chi connectivity index (χ4n) is 2.36.